The smallest absolute Gasteiger partial charge is 0.304 e. The Morgan fingerprint density at radius 3 is 2.78 bits per heavy atom. The van der Waals surface area contributed by atoms with Gasteiger partial charge in [0.25, 0.3) is 0 Å². The van der Waals surface area contributed by atoms with Gasteiger partial charge in [-0.15, -0.1) is 0 Å². The van der Waals surface area contributed by atoms with Crippen LogP contribution >= 0.6 is 0 Å². The number of nitro groups is 1. The van der Waals surface area contributed by atoms with Crippen LogP contribution in [0.25, 0.3) is 0 Å². The standard InChI is InChI=1S/C13H15NO4/c1-18-11-6-4-5-10(9-11)13(14(16)17)8-3-2-7-12(13)15/h4-6,9H,2-3,7-8H2,1H3. The molecule has 5 heteroatoms. The minimum Gasteiger partial charge on any atom is -0.497 e. The van der Waals surface area contributed by atoms with Crippen LogP contribution in [0.4, 0.5) is 0 Å². The lowest BCUT2D eigenvalue weighted by atomic mass is 9.76. The molecule has 0 aromatic heterocycles. The average molecular weight is 249 g/mol. The van der Waals surface area contributed by atoms with Gasteiger partial charge in [0, 0.05) is 23.3 Å². The fourth-order valence-electron chi connectivity index (χ4n) is 2.50. The normalized spacial score (nSPS) is 23.7. The molecule has 1 aromatic carbocycles. The lowest BCUT2D eigenvalue weighted by Gasteiger charge is -2.28. The highest BCUT2D eigenvalue weighted by atomic mass is 16.6. The summed E-state index contributed by atoms with van der Waals surface area (Å²) in [4.78, 5) is 23.1. The number of nitrogens with zero attached hydrogens (tertiary/aromatic N) is 1. The molecular formula is C13H15NO4. The molecule has 1 aliphatic rings. The summed E-state index contributed by atoms with van der Waals surface area (Å²) in [5.41, 5.74) is -1.15. The van der Waals surface area contributed by atoms with E-state index in [1.165, 1.54) is 7.11 Å². The van der Waals surface area contributed by atoms with Gasteiger partial charge in [-0.25, -0.2) is 0 Å². The first kappa shape index (κ1) is 12.5. The minimum absolute atomic E-state index is 0.270. The van der Waals surface area contributed by atoms with Crippen molar-refractivity contribution in [1.82, 2.24) is 0 Å². The van der Waals surface area contributed by atoms with Gasteiger partial charge in [0.2, 0.25) is 5.78 Å². The van der Waals surface area contributed by atoms with E-state index in [9.17, 15) is 14.9 Å². The second kappa shape index (κ2) is 4.76. The molecule has 1 saturated carbocycles. The van der Waals surface area contributed by atoms with E-state index in [0.717, 1.165) is 6.42 Å². The van der Waals surface area contributed by atoms with E-state index < -0.39 is 10.5 Å². The first-order valence-corrected chi connectivity index (χ1v) is 5.93. The number of Topliss-reactive ketones (excluding diaryl/α,β-unsaturated/α-hetero) is 1. The SMILES string of the molecule is COc1cccc(C2([N+](=O)[O-])CCCCC2=O)c1. The molecular weight excluding hydrogens is 234 g/mol. The Morgan fingerprint density at radius 2 is 2.17 bits per heavy atom. The molecule has 0 heterocycles. The topological polar surface area (TPSA) is 69.4 Å². The number of rotatable bonds is 3. The maximum atomic E-state index is 12.1. The maximum absolute atomic E-state index is 12.1. The van der Waals surface area contributed by atoms with Gasteiger partial charge in [-0.1, -0.05) is 12.1 Å². The molecule has 5 nitrogen and oxygen atoms in total. The van der Waals surface area contributed by atoms with Gasteiger partial charge in [-0.3, -0.25) is 14.9 Å². The van der Waals surface area contributed by atoms with Crippen molar-refractivity contribution in [3.63, 3.8) is 0 Å². The van der Waals surface area contributed by atoms with E-state index in [4.69, 9.17) is 4.74 Å². The van der Waals surface area contributed by atoms with Gasteiger partial charge in [-0.05, 0) is 25.0 Å². The third-order valence-corrected chi connectivity index (χ3v) is 3.51. The second-order valence-electron chi connectivity index (χ2n) is 4.48. The molecule has 0 saturated heterocycles. The van der Waals surface area contributed by atoms with Gasteiger partial charge in [-0.2, -0.15) is 0 Å². The van der Waals surface area contributed by atoms with Crippen LogP contribution in [-0.4, -0.2) is 17.8 Å². The van der Waals surface area contributed by atoms with E-state index in [1.54, 1.807) is 24.3 Å². The van der Waals surface area contributed by atoms with Crippen molar-refractivity contribution >= 4 is 5.78 Å². The molecule has 0 spiro atoms. The molecule has 18 heavy (non-hydrogen) atoms. The molecule has 0 aliphatic heterocycles. The van der Waals surface area contributed by atoms with E-state index in [1.807, 2.05) is 0 Å². The molecule has 1 atom stereocenters. The Kier molecular flexibility index (Phi) is 3.32. The molecule has 96 valence electrons. The highest BCUT2D eigenvalue weighted by molar-refractivity contribution is 5.89. The highest BCUT2D eigenvalue weighted by Crippen LogP contribution is 2.38. The average Bonchev–Trinajstić information content (AvgIpc) is 2.39. The monoisotopic (exact) mass is 249 g/mol. The quantitative estimate of drug-likeness (QED) is 0.608. The fraction of sp³-hybridized carbons (Fsp3) is 0.462. The first-order chi connectivity index (χ1) is 8.61. The third-order valence-electron chi connectivity index (χ3n) is 3.51. The number of hydrogen-bond acceptors (Lipinski definition) is 4. The predicted octanol–water partition coefficient (Wildman–Crippen LogP) is 2.31. The van der Waals surface area contributed by atoms with Gasteiger partial charge >= 0.3 is 5.54 Å². The summed E-state index contributed by atoms with van der Waals surface area (Å²) in [7, 11) is 1.50. The largest absolute Gasteiger partial charge is 0.497 e. The molecule has 2 rings (SSSR count). The Bertz CT molecular complexity index is 486. The summed E-state index contributed by atoms with van der Waals surface area (Å²) < 4.78 is 5.07. The lowest BCUT2D eigenvalue weighted by Crippen LogP contribution is -2.45. The van der Waals surface area contributed by atoms with Crippen LogP contribution < -0.4 is 4.74 Å². The van der Waals surface area contributed by atoms with Gasteiger partial charge < -0.3 is 4.74 Å². The van der Waals surface area contributed by atoms with E-state index in [-0.39, 0.29) is 18.6 Å². The molecule has 0 radical (unpaired) electrons. The second-order valence-corrected chi connectivity index (χ2v) is 4.48. The molecule has 0 bridgehead atoms. The summed E-state index contributed by atoms with van der Waals surface area (Å²) in [6.07, 6.45) is 1.98. The molecule has 1 aromatic rings. The molecule has 0 amide bonds. The molecule has 1 fully saturated rings. The van der Waals surface area contributed by atoms with Crippen molar-refractivity contribution in [3.8, 4) is 5.75 Å². The van der Waals surface area contributed by atoms with Crippen LogP contribution in [0.2, 0.25) is 0 Å². The van der Waals surface area contributed by atoms with Gasteiger partial charge in [0.15, 0.2) is 0 Å². The van der Waals surface area contributed by atoms with Crippen LogP contribution in [0.3, 0.4) is 0 Å². The number of benzene rings is 1. The highest BCUT2D eigenvalue weighted by Gasteiger charge is 2.53. The fourth-order valence-corrected chi connectivity index (χ4v) is 2.50. The number of carbonyl (C=O) groups excluding carboxylic acids is 1. The van der Waals surface area contributed by atoms with Crippen molar-refractivity contribution in [3.05, 3.63) is 39.9 Å². The lowest BCUT2D eigenvalue weighted by molar-refractivity contribution is -0.563. The summed E-state index contributed by atoms with van der Waals surface area (Å²) in [6, 6.07) is 6.62. The van der Waals surface area contributed by atoms with Crippen molar-refractivity contribution in [2.45, 2.75) is 31.2 Å². The number of hydrogen-bond donors (Lipinski definition) is 0. The third kappa shape index (κ3) is 1.85. The zero-order chi connectivity index (χ0) is 13.2. The van der Waals surface area contributed by atoms with Crippen molar-refractivity contribution in [2.75, 3.05) is 7.11 Å². The Morgan fingerprint density at radius 1 is 1.39 bits per heavy atom. The summed E-state index contributed by atoms with van der Waals surface area (Å²) in [5.74, 6) is 0.235. The van der Waals surface area contributed by atoms with E-state index in [2.05, 4.69) is 0 Å². The Balaban J connectivity index is 2.52. The zero-order valence-electron chi connectivity index (χ0n) is 10.2. The number of ether oxygens (including phenoxy) is 1. The molecule has 1 unspecified atom stereocenters. The molecule has 1 aliphatic carbocycles. The molecule has 0 N–H and O–H groups in total. The first-order valence-electron chi connectivity index (χ1n) is 5.93. The Hall–Kier alpha value is -1.91. The number of carbonyl (C=O) groups is 1. The summed E-state index contributed by atoms with van der Waals surface area (Å²) >= 11 is 0. The zero-order valence-corrected chi connectivity index (χ0v) is 10.2. The van der Waals surface area contributed by atoms with Gasteiger partial charge in [0.05, 0.1) is 7.11 Å². The van der Waals surface area contributed by atoms with Crippen molar-refractivity contribution in [2.24, 2.45) is 0 Å². The Labute approximate surface area is 105 Å². The predicted molar refractivity (Wildman–Crippen MR) is 65.1 cm³/mol. The van der Waals surface area contributed by atoms with Crippen LogP contribution in [-0.2, 0) is 10.3 Å². The summed E-state index contributed by atoms with van der Waals surface area (Å²) in [6.45, 7) is 0. The minimum atomic E-state index is -1.58. The van der Waals surface area contributed by atoms with E-state index in [0.29, 0.717) is 17.7 Å². The maximum Gasteiger partial charge on any atom is 0.304 e. The van der Waals surface area contributed by atoms with Crippen LogP contribution in [0, 0.1) is 10.1 Å². The van der Waals surface area contributed by atoms with Crippen LogP contribution in [0.15, 0.2) is 24.3 Å². The van der Waals surface area contributed by atoms with Crippen molar-refractivity contribution in [1.29, 1.82) is 0 Å². The summed E-state index contributed by atoms with van der Waals surface area (Å²) in [5, 5.41) is 11.4. The van der Waals surface area contributed by atoms with Gasteiger partial charge in [0.1, 0.15) is 5.75 Å². The van der Waals surface area contributed by atoms with Crippen LogP contribution in [0.5, 0.6) is 5.75 Å². The van der Waals surface area contributed by atoms with Crippen LogP contribution in [0.1, 0.15) is 31.2 Å². The van der Waals surface area contributed by atoms with Crippen molar-refractivity contribution < 1.29 is 14.5 Å². The van der Waals surface area contributed by atoms with E-state index >= 15 is 0 Å². The number of ketones is 1. The number of methoxy groups -OCH3 is 1.